The fraction of sp³-hybridized carbons (Fsp3) is 0.500. The first-order valence-electron chi connectivity index (χ1n) is 10.9. The first-order valence-corrected chi connectivity index (χ1v) is 10.9. The van der Waals surface area contributed by atoms with Crippen molar-refractivity contribution in [2.75, 3.05) is 5.32 Å². The quantitative estimate of drug-likeness (QED) is 0.829. The molecule has 3 atom stereocenters. The largest absolute Gasteiger partial charge is 0.323 e. The maximum Gasteiger partial charge on any atom is 0.254 e. The summed E-state index contributed by atoms with van der Waals surface area (Å²) in [5.41, 5.74) is 1.05. The average Bonchev–Trinajstić information content (AvgIpc) is 3.13. The number of fused-ring (bicyclic) bond motifs is 1. The maximum atomic E-state index is 13.3. The van der Waals surface area contributed by atoms with Crippen molar-refractivity contribution in [1.82, 2.24) is 14.9 Å². The highest BCUT2D eigenvalue weighted by Crippen LogP contribution is 2.40. The molecule has 6 nitrogen and oxygen atoms in total. The number of aromatic nitrogens is 2. The van der Waals surface area contributed by atoms with E-state index in [4.69, 9.17) is 0 Å². The van der Waals surface area contributed by atoms with E-state index in [-0.39, 0.29) is 23.3 Å². The third-order valence-corrected chi connectivity index (χ3v) is 6.24. The van der Waals surface area contributed by atoms with Crippen LogP contribution in [-0.4, -0.2) is 38.8 Å². The molecule has 1 aliphatic carbocycles. The normalized spacial score (nSPS) is 23.7. The molecule has 2 amide bonds. The van der Waals surface area contributed by atoms with Gasteiger partial charge in [-0.15, -0.1) is 0 Å². The Morgan fingerprint density at radius 2 is 1.70 bits per heavy atom. The van der Waals surface area contributed by atoms with Crippen LogP contribution in [0.15, 0.2) is 42.7 Å². The molecule has 1 aromatic heterocycles. The Kier molecular flexibility index (Phi) is 5.58. The molecule has 30 heavy (non-hydrogen) atoms. The Bertz CT molecular complexity index is 905. The van der Waals surface area contributed by atoms with Gasteiger partial charge in [-0.2, -0.15) is 0 Å². The number of likely N-dealkylation sites (tertiary alicyclic amines) is 1. The van der Waals surface area contributed by atoms with Gasteiger partial charge in [0.1, 0.15) is 11.9 Å². The van der Waals surface area contributed by atoms with E-state index < -0.39 is 6.04 Å². The van der Waals surface area contributed by atoms with Crippen LogP contribution < -0.4 is 5.32 Å². The van der Waals surface area contributed by atoms with E-state index in [1.165, 1.54) is 6.42 Å². The topological polar surface area (TPSA) is 75.2 Å². The van der Waals surface area contributed by atoms with Crippen molar-refractivity contribution >= 4 is 17.5 Å². The Morgan fingerprint density at radius 3 is 2.37 bits per heavy atom. The summed E-state index contributed by atoms with van der Waals surface area (Å²) in [6.07, 6.45) is 8.34. The number of carbonyl (C=O) groups excluding carboxylic acids is 2. The van der Waals surface area contributed by atoms with Crippen LogP contribution in [0.4, 0.5) is 5.69 Å². The third kappa shape index (κ3) is 4.09. The van der Waals surface area contributed by atoms with Gasteiger partial charge in [-0.3, -0.25) is 9.59 Å². The van der Waals surface area contributed by atoms with Crippen molar-refractivity contribution in [3.8, 4) is 0 Å². The molecule has 2 fully saturated rings. The van der Waals surface area contributed by atoms with E-state index in [0.717, 1.165) is 31.5 Å². The van der Waals surface area contributed by atoms with Crippen molar-refractivity contribution in [2.24, 2.45) is 5.92 Å². The standard InChI is InChI=1S/C24H30N4O2/c1-24(2,3)23-25-14-18(15-26-23)27-21(29)20-13-17-11-7-8-12-19(17)28(20)22(30)16-9-5-4-6-10-16/h4-6,9-10,14-15,17,19-20H,7-8,11-13H2,1-3H3,(H,27,29). The molecule has 1 N–H and O–H groups in total. The molecule has 3 unspecified atom stereocenters. The summed E-state index contributed by atoms with van der Waals surface area (Å²) in [5, 5.41) is 2.95. The Balaban J connectivity index is 1.55. The average molecular weight is 407 g/mol. The number of benzene rings is 1. The fourth-order valence-corrected chi connectivity index (χ4v) is 4.72. The predicted molar refractivity (Wildman–Crippen MR) is 116 cm³/mol. The predicted octanol–water partition coefficient (Wildman–Crippen LogP) is 4.19. The van der Waals surface area contributed by atoms with E-state index in [1.807, 2.05) is 56.0 Å². The Labute approximate surface area is 178 Å². The first kappa shape index (κ1) is 20.5. The minimum absolute atomic E-state index is 0.0514. The molecule has 2 aromatic rings. The van der Waals surface area contributed by atoms with Gasteiger partial charge >= 0.3 is 0 Å². The molecule has 1 saturated carbocycles. The molecule has 0 bridgehead atoms. The molecule has 2 heterocycles. The molecular weight excluding hydrogens is 376 g/mol. The van der Waals surface area contributed by atoms with Gasteiger partial charge in [-0.25, -0.2) is 9.97 Å². The Morgan fingerprint density at radius 1 is 1.03 bits per heavy atom. The highest BCUT2D eigenvalue weighted by atomic mass is 16.2. The molecule has 0 spiro atoms. The highest BCUT2D eigenvalue weighted by Gasteiger charge is 2.47. The molecular formula is C24H30N4O2. The van der Waals surface area contributed by atoms with Gasteiger partial charge in [0.15, 0.2) is 0 Å². The van der Waals surface area contributed by atoms with Crippen LogP contribution in [0.1, 0.15) is 69.1 Å². The number of anilines is 1. The van der Waals surface area contributed by atoms with Crippen LogP contribution in [0.2, 0.25) is 0 Å². The lowest BCUT2D eigenvalue weighted by molar-refractivity contribution is -0.120. The van der Waals surface area contributed by atoms with E-state index in [0.29, 0.717) is 17.2 Å². The van der Waals surface area contributed by atoms with E-state index in [2.05, 4.69) is 15.3 Å². The van der Waals surface area contributed by atoms with Crippen LogP contribution in [-0.2, 0) is 10.2 Å². The SMILES string of the molecule is CC(C)(C)c1ncc(NC(=O)C2CC3CCCCC3N2C(=O)c2ccccc2)cn1. The number of nitrogens with one attached hydrogen (secondary N) is 1. The van der Waals surface area contributed by atoms with E-state index in [9.17, 15) is 9.59 Å². The summed E-state index contributed by atoms with van der Waals surface area (Å²) in [4.78, 5) is 37.2. The zero-order chi connectivity index (χ0) is 21.3. The second-order valence-corrected chi connectivity index (χ2v) is 9.48. The second kappa shape index (κ2) is 8.17. The van der Waals surface area contributed by atoms with Gasteiger partial charge in [0.25, 0.3) is 5.91 Å². The van der Waals surface area contributed by atoms with Crippen molar-refractivity contribution in [2.45, 2.75) is 70.4 Å². The van der Waals surface area contributed by atoms with Crippen molar-refractivity contribution in [1.29, 1.82) is 0 Å². The fourth-order valence-electron chi connectivity index (χ4n) is 4.72. The molecule has 0 radical (unpaired) electrons. The van der Waals surface area contributed by atoms with Crippen molar-refractivity contribution < 1.29 is 9.59 Å². The third-order valence-electron chi connectivity index (χ3n) is 6.24. The van der Waals surface area contributed by atoms with E-state index in [1.54, 1.807) is 12.4 Å². The van der Waals surface area contributed by atoms with Crippen molar-refractivity contribution in [3.05, 3.63) is 54.1 Å². The summed E-state index contributed by atoms with van der Waals surface area (Å²) in [5.74, 6) is 0.917. The maximum absolute atomic E-state index is 13.3. The van der Waals surface area contributed by atoms with E-state index >= 15 is 0 Å². The van der Waals surface area contributed by atoms with Gasteiger partial charge in [0, 0.05) is 17.0 Å². The molecule has 1 aliphatic heterocycles. The summed E-state index contributed by atoms with van der Waals surface area (Å²) >= 11 is 0. The molecule has 4 rings (SSSR count). The smallest absolute Gasteiger partial charge is 0.254 e. The highest BCUT2D eigenvalue weighted by molar-refractivity contribution is 6.01. The molecule has 1 saturated heterocycles. The minimum Gasteiger partial charge on any atom is -0.323 e. The second-order valence-electron chi connectivity index (χ2n) is 9.48. The van der Waals surface area contributed by atoms with Gasteiger partial charge in [-0.1, -0.05) is 51.8 Å². The number of rotatable bonds is 3. The molecule has 1 aromatic carbocycles. The Hall–Kier alpha value is -2.76. The van der Waals surface area contributed by atoms with Gasteiger partial charge < -0.3 is 10.2 Å². The lowest BCUT2D eigenvalue weighted by Crippen LogP contribution is -2.47. The van der Waals surface area contributed by atoms with Crippen LogP contribution >= 0.6 is 0 Å². The summed E-state index contributed by atoms with van der Waals surface area (Å²) in [6, 6.07) is 8.96. The summed E-state index contributed by atoms with van der Waals surface area (Å²) < 4.78 is 0. The lowest BCUT2D eigenvalue weighted by Gasteiger charge is -2.33. The number of amides is 2. The minimum atomic E-state index is -0.465. The van der Waals surface area contributed by atoms with Gasteiger partial charge in [0.05, 0.1) is 18.1 Å². The van der Waals surface area contributed by atoms with Crippen LogP contribution in [0.25, 0.3) is 0 Å². The van der Waals surface area contributed by atoms with Crippen LogP contribution in [0.3, 0.4) is 0 Å². The van der Waals surface area contributed by atoms with Gasteiger partial charge in [-0.05, 0) is 37.3 Å². The molecule has 6 heteroatoms. The molecule has 2 aliphatic rings. The summed E-state index contributed by atoms with van der Waals surface area (Å²) in [6.45, 7) is 6.15. The first-order chi connectivity index (χ1) is 14.3. The van der Waals surface area contributed by atoms with Gasteiger partial charge in [0.2, 0.25) is 5.91 Å². The zero-order valence-corrected chi connectivity index (χ0v) is 18.0. The number of hydrogen-bond acceptors (Lipinski definition) is 4. The van der Waals surface area contributed by atoms with Crippen molar-refractivity contribution in [3.63, 3.8) is 0 Å². The zero-order valence-electron chi connectivity index (χ0n) is 18.0. The number of nitrogens with zero attached hydrogens (tertiary/aromatic N) is 3. The van der Waals surface area contributed by atoms with Crippen LogP contribution in [0.5, 0.6) is 0 Å². The summed E-state index contributed by atoms with van der Waals surface area (Å²) in [7, 11) is 0. The van der Waals surface area contributed by atoms with Crippen LogP contribution in [0, 0.1) is 5.92 Å². The molecule has 158 valence electrons. The number of carbonyl (C=O) groups is 2. The monoisotopic (exact) mass is 406 g/mol. The lowest BCUT2D eigenvalue weighted by atomic mass is 9.84. The number of hydrogen-bond donors (Lipinski definition) is 1.